The van der Waals surface area contributed by atoms with E-state index in [1.165, 1.54) is 17.8 Å². The molecule has 138 valence electrons. The second-order valence-corrected chi connectivity index (χ2v) is 7.87. The van der Waals surface area contributed by atoms with Crippen molar-refractivity contribution >= 4 is 52.3 Å². The molecule has 0 aliphatic carbocycles. The van der Waals surface area contributed by atoms with Crippen LogP contribution in [-0.4, -0.2) is 4.92 Å². The molecule has 0 aliphatic rings. The van der Waals surface area contributed by atoms with Gasteiger partial charge in [0.1, 0.15) is 12.4 Å². The Bertz CT molecular complexity index is 980. The highest BCUT2D eigenvalue weighted by molar-refractivity contribution is 7.99. The lowest BCUT2D eigenvalue weighted by Gasteiger charge is -2.10. The van der Waals surface area contributed by atoms with Crippen LogP contribution in [0.3, 0.4) is 0 Å². The van der Waals surface area contributed by atoms with E-state index in [0.29, 0.717) is 31.3 Å². The molecule has 0 fully saturated rings. The summed E-state index contributed by atoms with van der Waals surface area (Å²) in [5.74, 6) is 0.423. The molecule has 0 saturated carbocycles. The van der Waals surface area contributed by atoms with E-state index in [-0.39, 0.29) is 12.3 Å². The Morgan fingerprint density at radius 3 is 2.33 bits per heavy atom. The fraction of sp³-hybridized carbons (Fsp3) is 0.0526. The van der Waals surface area contributed by atoms with Gasteiger partial charge in [0.15, 0.2) is 0 Å². The number of nitrogens with zero attached hydrogens (tertiary/aromatic N) is 1. The van der Waals surface area contributed by atoms with E-state index in [1.54, 1.807) is 42.5 Å². The van der Waals surface area contributed by atoms with Crippen LogP contribution >= 0.6 is 46.6 Å². The van der Waals surface area contributed by atoms with E-state index >= 15 is 0 Å². The molecule has 0 atom stereocenters. The number of nitro benzene ring substituents is 1. The highest BCUT2D eigenvalue weighted by Crippen LogP contribution is 2.36. The Kier molecular flexibility index (Phi) is 6.50. The Hall–Kier alpha value is -1.92. The van der Waals surface area contributed by atoms with Crippen LogP contribution in [-0.2, 0) is 6.61 Å². The average Bonchev–Trinajstić information content (AvgIpc) is 2.65. The molecule has 4 nitrogen and oxygen atoms in total. The maximum Gasteiger partial charge on any atom is 0.283 e. The van der Waals surface area contributed by atoms with E-state index in [1.807, 2.05) is 12.1 Å². The quantitative estimate of drug-likeness (QED) is 0.298. The highest BCUT2D eigenvalue weighted by Gasteiger charge is 2.16. The summed E-state index contributed by atoms with van der Waals surface area (Å²) in [7, 11) is 0. The molecule has 0 N–H and O–H groups in total. The van der Waals surface area contributed by atoms with Crippen molar-refractivity contribution < 1.29 is 9.66 Å². The predicted molar refractivity (Wildman–Crippen MR) is 109 cm³/mol. The molecule has 0 amide bonds. The zero-order chi connectivity index (χ0) is 19.4. The van der Waals surface area contributed by atoms with Crippen molar-refractivity contribution in [3.8, 4) is 5.75 Å². The van der Waals surface area contributed by atoms with Crippen LogP contribution in [0.1, 0.15) is 5.56 Å². The monoisotopic (exact) mass is 439 g/mol. The molecule has 8 heteroatoms. The van der Waals surface area contributed by atoms with Crippen molar-refractivity contribution in [3.05, 3.63) is 91.4 Å². The van der Waals surface area contributed by atoms with Crippen LogP contribution in [0.5, 0.6) is 5.75 Å². The fourth-order valence-electron chi connectivity index (χ4n) is 2.26. The third kappa shape index (κ3) is 5.30. The number of hydrogen-bond donors (Lipinski definition) is 0. The van der Waals surface area contributed by atoms with Crippen molar-refractivity contribution in [1.29, 1.82) is 0 Å². The van der Waals surface area contributed by atoms with Gasteiger partial charge in [-0.25, -0.2) is 0 Å². The van der Waals surface area contributed by atoms with Crippen molar-refractivity contribution in [2.24, 2.45) is 0 Å². The van der Waals surface area contributed by atoms with E-state index in [2.05, 4.69) is 0 Å². The van der Waals surface area contributed by atoms with Gasteiger partial charge in [-0.3, -0.25) is 10.1 Å². The SMILES string of the molecule is O=[N+]([O-])c1cc(COc2cc(Cl)ccc2Cl)ccc1Sc1ccc(Cl)cc1. The Labute approximate surface area is 175 Å². The summed E-state index contributed by atoms with van der Waals surface area (Å²) in [6.07, 6.45) is 0. The first kappa shape index (κ1) is 19.8. The van der Waals surface area contributed by atoms with E-state index in [0.717, 1.165) is 4.90 Å². The third-order valence-electron chi connectivity index (χ3n) is 3.55. The molecule has 3 rings (SSSR count). The molecule has 0 radical (unpaired) electrons. The first-order valence-corrected chi connectivity index (χ1v) is 9.66. The van der Waals surface area contributed by atoms with E-state index < -0.39 is 4.92 Å². The predicted octanol–water partition coefficient (Wildman–Crippen LogP) is 7.29. The second kappa shape index (κ2) is 8.85. The third-order valence-corrected chi connectivity index (χ3v) is 5.42. The number of nitro groups is 1. The molecule has 27 heavy (non-hydrogen) atoms. The Morgan fingerprint density at radius 2 is 1.63 bits per heavy atom. The summed E-state index contributed by atoms with van der Waals surface area (Å²) in [4.78, 5) is 12.5. The molecule has 0 saturated heterocycles. The lowest BCUT2D eigenvalue weighted by atomic mass is 10.2. The van der Waals surface area contributed by atoms with Gasteiger partial charge in [-0.2, -0.15) is 0 Å². The second-order valence-electron chi connectivity index (χ2n) is 5.48. The molecular formula is C19H12Cl3NO3S. The van der Waals surface area contributed by atoms with Crippen molar-refractivity contribution in [2.75, 3.05) is 0 Å². The molecule has 0 bridgehead atoms. The lowest BCUT2D eigenvalue weighted by Crippen LogP contribution is -1.98. The van der Waals surface area contributed by atoms with Gasteiger partial charge in [-0.05, 0) is 48.0 Å². The van der Waals surface area contributed by atoms with Crippen molar-refractivity contribution in [2.45, 2.75) is 16.4 Å². The fourth-order valence-corrected chi connectivity index (χ4v) is 3.62. The molecule has 0 unspecified atom stereocenters. The average molecular weight is 441 g/mol. The van der Waals surface area contributed by atoms with Crippen molar-refractivity contribution in [3.63, 3.8) is 0 Å². The summed E-state index contributed by atoms with van der Waals surface area (Å²) in [6.45, 7) is 0.132. The first-order valence-electron chi connectivity index (χ1n) is 7.71. The first-order chi connectivity index (χ1) is 12.9. The van der Waals surface area contributed by atoms with Gasteiger partial charge < -0.3 is 4.74 Å². The maximum absolute atomic E-state index is 11.5. The molecule has 3 aromatic carbocycles. The minimum Gasteiger partial charge on any atom is -0.487 e. The maximum atomic E-state index is 11.5. The Morgan fingerprint density at radius 1 is 0.926 bits per heavy atom. The summed E-state index contributed by atoms with van der Waals surface area (Å²) >= 11 is 19.2. The minimum atomic E-state index is -0.409. The summed E-state index contributed by atoms with van der Waals surface area (Å²) in [6, 6.07) is 17.0. The topological polar surface area (TPSA) is 52.4 Å². The molecular weight excluding hydrogens is 429 g/mol. The van der Waals surface area contributed by atoms with Crippen LogP contribution < -0.4 is 4.74 Å². The van der Waals surface area contributed by atoms with E-state index in [4.69, 9.17) is 39.5 Å². The van der Waals surface area contributed by atoms with Gasteiger partial charge >= 0.3 is 0 Å². The van der Waals surface area contributed by atoms with Gasteiger partial charge in [-0.15, -0.1) is 0 Å². The normalized spacial score (nSPS) is 10.6. The van der Waals surface area contributed by atoms with Gasteiger partial charge in [0.2, 0.25) is 0 Å². The molecule has 0 heterocycles. The zero-order valence-corrected chi connectivity index (χ0v) is 16.8. The van der Waals surface area contributed by atoms with E-state index in [9.17, 15) is 10.1 Å². The number of rotatable bonds is 6. The number of hydrogen-bond acceptors (Lipinski definition) is 4. The smallest absolute Gasteiger partial charge is 0.283 e. The largest absolute Gasteiger partial charge is 0.487 e. The Balaban J connectivity index is 1.79. The minimum absolute atomic E-state index is 0.00763. The summed E-state index contributed by atoms with van der Waals surface area (Å²) < 4.78 is 5.65. The van der Waals surface area contributed by atoms with Gasteiger partial charge in [-0.1, -0.05) is 52.6 Å². The standard InChI is InChI=1S/C19H12Cl3NO3S/c20-13-2-5-15(6-3-13)27-19-8-1-12(9-17(19)23(24)25)11-26-18-10-14(21)4-7-16(18)22/h1-10H,11H2. The summed E-state index contributed by atoms with van der Waals surface area (Å²) in [5, 5.41) is 13.0. The van der Waals surface area contributed by atoms with Crippen LogP contribution in [0.2, 0.25) is 15.1 Å². The zero-order valence-electron chi connectivity index (χ0n) is 13.7. The van der Waals surface area contributed by atoms with Gasteiger partial charge in [0.05, 0.1) is 14.8 Å². The number of halogens is 3. The lowest BCUT2D eigenvalue weighted by molar-refractivity contribution is -0.387. The summed E-state index contributed by atoms with van der Waals surface area (Å²) in [5.41, 5.74) is 0.659. The molecule has 0 spiro atoms. The highest BCUT2D eigenvalue weighted by atomic mass is 35.5. The number of ether oxygens (including phenoxy) is 1. The molecule has 0 aromatic heterocycles. The van der Waals surface area contributed by atoms with Gasteiger partial charge in [0, 0.05) is 27.1 Å². The molecule has 3 aromatic rings. The van der Waals surface area contributed by atoms with Crippen LogP contribution in [0.4, 0.5) is 5.69 Å². The molecule has 0 aliphatic heterocycles. The van der Waals surface area contributed by atoms with Crippen molar-refractivity contribution in [1.82, 2.24) is 0 Å². The number of benzene rings is 3. The van der Waals surface area contributed by atoms with Crippen LogP contribution in [0.15, 0.2) is 70.5 Å². The van der Waals surface area contributed by atoms with Gasteiger partial charge in [0.25, 0.3) is 5.69 Å². The van der Waals surface area contributed by atoms with Crippen LogP contribution in [0.25, 0.3) is 0 Å². The van der Waals surface area contributed by atoms with Crippen LogP contribution in [0, 0.1) is 10.1 Å².